The largest absolute Gasteiger partial charge is 0.495 e. The summed E-state index contributed by atoms with van der Waals surface area (Å²) < 4.78 is 28.4. The van der Waals surface area contributed by atoms with Crippen LogP contribution in [0.25, 0.3) is 0 Å². The SMILES string of the molecule is COc1ccccc1NCCS(=O)(=O)C(C)C. The highest BCUT2D eigenvalue weighted by atomic mass is 32.2. The van der Waals surface area contributed by atoms with Gasteiger partial charge >= 0.3 is 0 Å². The highest BCUT2D eigenvalue weighted by molar-refractivity contribution is 7.92. The zero-order valence-corrected chi connectivity index (χ0v) is 11.3. The van der Waals surface area contributed by atoms with Crippen molar-refractivity contribution >= 4 is 15.5 Å². The predicted octanol–water partition coefficient (Wildman–Crippen LogP) is 1.93. The van der Waals surface area contributed by atoms with Crippen LogP contribution < -0.4 is 10.1 Å². The average molecular weight is 257 g/mol. The molecule has 1 aromatic carbocycles. The molecule has 17 heavy (non-hydrogen) atoms. The molecule has 0 fully saturated rings. The topological polar surface area (TPSA) is 55.4 Å². The van der Waals surface area contributed by atoms with Gasteiger partial charge in [-0.2, -0.15) is 0 Å². The van der Waals surface area contributed by atoms with E-state index in [1.165, 1.54) is 0 Å². The summed E-state index contributed by atoms with van der Waals surface area (Å²) in [6, 6.07) is 7.44. The van der Waals surface area contributed by atoms with E-state index in [9.17, 15) is 8.42 Å². The van der Waals surface area contributed by atoms with Crippen LogP contribution in [-0.2, 0) is 9.84 Å². The van der Waals surface area contributed by atoms with Crippen molar-refractivity contribution < 1.29 is 13.2 Å². The number of para-hydroxylation sites is 2. The molecule has 0 aliphatic heterocycles. The van der Waals surface area contributed by atoms with E-state index in [1.807, 2.05) is 24.3 Å². The van der Waals surface area contributed by atoms with Gasteiger partial charge in [0.05, 0.1) is 23.8 Å². The third-order valence-electron chi connectivity index (χ3n) is 2.53. The number of benzene rings is 1. The molecule has 1 aromatic rings. The number of methoxy groups -OCH3 is 1. The first-order chi connectivity index (χ1) is 7.97. The molecule has 0 aliphatic carbocycles. The summed E-state index contributed by atoms with van der Waals surface area (Å²) >= 11 is 0. The number of rotatable bonds is 6. The minimum absolute atomic E-state index is 0.128. The van der Waals surface area contributed by atoms with Crippen LogP contribution in [0.2, 0.25) is 0 Å². The van der Waals surface area contributed by atoms with E-state index in [0.29, 0.717) is 6.54 Å². The van der Waals surface area contributed by atoms with Gasteiger partial charge in [-0.1, -0.05) is 12.1 Å². The Morgan fingerprint density at radius 1 is 1.29 bits per heavy atom. The maximum Gasteiger partial charge on any atom is 0.154 e. The molecule has 0 aromatic heterocycles. The zero-order chi connectivity index (χ0) is 12.9. The first-order valence-corrected chi connectivity index (χ1v) is 7.27. The molecule has 0 aliphatic rings. The van der Waals surface area contributed by atoms with Crippen molar-refractivity contribution in [2.45, 2.75) is 19.1 Å². The summed E-state index contributed by atoms with van der Waals surface area (Å²) in [5.41, 5.74) is 0.814. The van der Waals surface area contributed by atoms with Gasteiger partial charge in [0.2, 0.25) is 0 Å². The lowest BCUT2D eigenvalue weighted by Crippen LogP contribution is -2.23. The van der Waals surface area contributed by atoms with E-state index in [4.69, 9.17) is 4.74 Å². The third-order valence-corrected chi connectivity index (χ3v) is 4.74. The van der Waals surface area contributed by atoms with Crippen LogP contribution in [0.1, 0.15) is 13.8 Å². The van der Waals surface area contributed by atoms with Crippen LogP contribution in [0.5, 0.6) is 5.75 Å². The standard InChI is InChI=1S/C12H19NO3S/c1-10(2)17(14,15)9-8-13-11-6-4-5-7-12(11)16-3/h4-7,10,13H,8-9H2,1-3H3. The van der Waals surface area contributed by atoms with Gasteiger partial charge in [-0.05, 0) is 26.0 Å². The van der Waals surface area contributed by atoms with Crippen LogP contribution in [0.3, 0.4) is 0 Å². The molecule has 0 heterocycles. The quantitative estimate of drug-likeness (QED) is 0.846. The highest BCUT2D eigenvalue weighted by Gasteiger charge is 2.15. The fraction of sp³-hybridized carbons (Fsp3) is 0.500. The van der Waals surface area contributed by atoms with Crippen molar-refractivity contribution in [3.63, 3.8) is 0 Å². The maximum absolute atomic E-state index is 11.6. The van der Waals surface area contributed by atoms with E-state index in [2.05, 4.69) is 5.32 Å². The first kappa shape index (κ1) is 13.8. The number of hydrogen-bond acceptors (Lipinski definition) is 4. The van der Waals surface area contributed by atoms with Crippen molar-refractivity contribution in [2.24, 2.45) is 0 Å². The fourth-order valence-corrected chi connectivity index (χ4v) is 2.21. The Bertz CT molecular complexity index is 455. The summed E-state index contributed by atoms with van der Waals surface area (Å²) in [4.78, 5) is 0. The lowest BCUT2D eigenvalue weighted by Gasteiger charge is -2.12. The molecule has 0 amide bonds. The molecule has 96 valence electrons. The minimum atomic E-state index is -2.99. The molecular formula is C12H19NO3S. The van der Waals surface area contributed by atoms with E-state index in [1.54, 1.807) is 21.0 Å². The van der Waals surface area contributed by atoms with Crippen LogP contribution in [-0.4, -0.2) is 33.1 Å². The van der Waals surface area contributed by atoms with E-state index >= 15 is 0 Å². The minimum Gasteiger partial charge on any atom is -0.495 e. The average Bonchev–Trinajstić information content (AvgIpc) is 2.29. The summed E-state index contributed by atoms with van der Waals surface area (Å²) in [7, 11) is -1.40. The molecule has 0 atom stereocenters. The van der Waals surface area contributed by atoms with Gasteiger partial charge in [-0.3, -0.25) is 0 Å². The summed E-state index contributed by atoms with van der Waals surface area (Å²) in [6.45, 7) is 3.78. The Kier molecular flexibility index (Phi) is 4.81. The summed E-state index contributed by atoms with van der Waals surface area (Å²) in [5.74, 6) is 0.845. The van der Waals surface area contributed by atoms with Crippen molar-refractivity contribution in [1.29, 1.82) is 0 Å². The van der Waals surface area contributed by atoms with Crippen LogP contribution >= 0.6 is 0 Å². The normalized spacial score (nSPS) is 11.5. The number of sulfone groups is 1. The molecule has 0 saturated heterocycles. The van der Waals surface area contributed by atoms with Crippen molar-refractivity contribution in [1.82, 2.24) is 0 Å². The second-order valence-electron chi connectivity index (χ2n) is 4.04. The smallest absolute Gasteiger partial charge is 0.154 e. The monoisotopic (exact) mass is 257 g/mol. The van der Waals surface area contributed by atoms with E-state index in [-0.39, 0.29) is 11.0 Å². The Morgan fingerprint density at radius 2 is 1.94 bits per heavy atom. The number of anilines is 1. The number of nitrogens with one attached hydrogen (secondary N) is 1. The van der Waals surface area contributed by atoms with Gasteiger partial charge in [0.15, 0.2) is 9.84 Å². The van der Waals surface area contributed by atoms with Gasteiger partial charge in [0, 0.05) is 6.54 Å². The molecule has 0 bridgehead atoms. The van der Waals surface area contributed by atoms with Gasteiger partial charge in [-0.15, -0.1) is 0 Å². The molecule has 0 radical (unpaired) electrons. The summed E-state index contributed by atoms with van der Waals surface area (Å²) in [6.07, 6.45) is 0. The van der Waals surface area contributed by atoms with Gasteiger partial charge < -0.3 is 10.1 Å². The lowest BCUT2D eigenvalue weighted by molar-refractivity contribution is 0.416. The van der Waals surface area contributed by atoms with Crippen LogP contribution in [0, 0.1) is 0 Å². The molecular weight excluding hydrogens is 238 g/mol. The number of ether oxygens (including phenoxy) is 1. The second-order valence-corrected chi connectivity index (χ2v) is 6.72. The third kappa shape index (κ3) is 3.93. The first-order valence-electron chi connectivity index (χ1n) is 5.56. The van der Waals surface area contributed by atoms with Crippen molar-refractivity contribution in [2.75, 3.05) is 24.7 Å². The second kappa shape index (κ2) is 5.91. The van der Waals surface area contributed by atoms with E-state index < -0.39 is 9.84 Å². The van der Waals surface area contributed by atoms with Crippen molar-refractivity contribution in [3.05, 3.63) is 24.3 Å². The molecule has 5 heteroatoms. The molecule has 4 nitrogen and oxygen atoms in total. The zero-order valence-electron chi connectivity index (χ0n) is 10.4. The van der Waals surface area contributed by atoms with Crippen LogP contribution in [0.15, 0.2) is 24.3 Å². The summed E-state index contributed by atoms with van der Waals surface area (Å²) in [5, 5.41) is 2.74. The van der Waals surface area contributed by atoms with Gasteiger partial charge in [0.1, 0.15) is 5.75 Å². The lowest BCUT2D eigenvalue weighted by atomic mass is 10.3. The predicted molar refractivity (Wildman–Crippen MR) is 70.4 cm³/mol. The Morgan fingerprint density at radius 3 is 2.53 bits per heavy atom. The van der Waals surface area contributed by atoms with Gasteiger partial charge in [0.25, 0.3) is 0 Å². The molecule has 0 saturated carbocycles. The molecule has 0 unspecified atom stereocenters. The molecule has 1 rings (SSSR count). The molecule has 0 spiro atoms. The Labute approximate surface area is 103 Å². The molecule has 1 N–H and O–H groups in total. The number of hydrogen-bond donors (Lipinski definition) is 1. The Balaban J connectivity index is 2.57. The fourth-order valence-electron chi connectivity index (χ4n) is 1.35. The Hall–Kier alpha value is -1.23. The van der Waals surface area contributed by atoms with Crippen LogP contribution in [0.4, 0.5) is 5.69 Å². The maximum atomic E-state index is 11.6. The van der Waals surface area contributed by atoms with Crippen molar-refractivity contribution in [3.8, 4) is 5.75 Å². The van der Waals surface area contributed by atoms with Gasteiger partial charge in [-0.25, -0.2) is 8.42 Å². The highest BCUT2D eigenvalue weighted by Crippen LogP contribution is 2.22. The van der Waals surface area contributed by atoms with E-state index in [0.717, 1.165) is 11.4 Å².